The van der Waals surface area contributed by atoms with Crippen molar-refractivity contribution in [1.29, 1.82) is 0 Å². The van der Waals surface area contributed by atoms with E-state index >= 15 is 0 Å². The molecule has 0 amide bonds. The van der Waals surface area contributed by atoms with E-state index in [0.29, 0.717) is 22.3 Å². The molecular formula is C19H25ClN4O3S. The van der Waals surface area contributed by atoms with Crippen LogP contribution in [0.15, 0.2) is 29.2 Å². The van der Waals surface area contributed by atoms with E-state index in [1.807, 2.05) is 13.0 Å². The van der Waals surface area contributed by atoms with E-state index in [0.717, 1.165) is 31.7 Å². The zero-order chi connectivity index (χ0) is 20.1. The molecule has 0 aliphatic carbocycles. The molecule has 0 saturated carbocycles. The molecule has 152 valence electrons. The van der Waals surface area contributed by atoms with Crippen LogP contribution in [0.1, 0.15) is 30.7 Å². The number of piperidine rings is 1. The van der Waals surface area contributed by atoms with Crippen molar-refractivity contribution < 1.29 is 13.2 Å². The van der Waals surface area contributed by atoms with Crippen LogP contribution in [-0.2, 0) is 10.0 Å². The SMILES string of the molecule is Cc1nc(OCCNS(=O)(=O)c2cc(Cl)ccc2C)cc(N2CCCCC2)n1. The van der Waals surface area contributed by atoms with E-state index in [2.05, 4.69) is 19.6 Å². The quantitative estimate of drug-likeness (QED) is 0.687. The van der Waals surface area contributed by atoms with Gasteiger partial charge in [0.05, 0.1) is 4.90 Å². The van der Waals surface area contributed by atoms with Gasteiger partial charge in [-0.15, -0.1) is 0 Å². The molecule has 3 rings (SSSR count). The largest absolute Gasteiger partial charge is 0.476 e. The van der Waals surface area contributed by atoms with Crippen LogP contribution in [0.5, 0.6) is 5.88 Å². The first-order valence-electron chi connectivity index (χ1n) is 9.34. The number of rotatable bonds is 7. The molecule has 1 fully saturated rings. The summed E-state index contributed by atoms with van der Waals surface area (Å²) in [7, 11) is -3.66. The Labute approximate surface area is 171 Å². The maximum atomic E-state index is 12.5. The normalized spacial score (nSPS) is 14.9. The highest BCUT2D eigenvalue weighted by atomic mass is 35.5. The van der Waals surface area contributed by atoms with Crippen molar-refractivity contribution in [3.63, 3.8) is 0 Å². The van der Waals surface area contributed by atoms with Gasteiger partial charge in [0, 0.05) is 30.7 Å². The Morgan fingerprint density at radius 1 is 1.14 bits per heavy atom. The summed E-state index contributed by atoms with van der Waals surface area (Å²) in [5, 5.41) is 0.379. The van der Waals surface area contributed by atoms with E-state index in [1.165, 1.54) is 12.5 Å². The standard InChI is InChI=1S/C19H25ClN4O3S/c1-14-6-7-16(20)12-17(14)28(25,26)21-8-11-27-19-13-18(22-15(2)23-19)24-9-4-3-5-10-24/h6-7,12-13,21H,3-5,8-11H2,1-2H3. The summed E-state index contributed by atoms with van der Waals surface area (Å²) in [4.78, 5) is 11.2. The third-order valence-corrected chi connectivity index (χ3v) is 6.40. The van der Waals surface area contributed by atoms with Gasteiger partial charge >= 0.3 is 0 Å². The van der Waals surface area contributed by atoms with Crippen molar-refractivity contribution >= 4 is 27.4 Å². The van der Waals surface area contributed by atoms with Gasteiger partial charge in [-0.1, -0.05) is 17.7 Å². The molecule has 1 N–H and O–H groups in total. The van der Waals surface area contributed by atoms with Crippen LogP contribution in [0.4, 0.5) is 5.82 Å². The van der Waals surface area contributed by atoms with Crippen molar-refractivity contribution in [2.24, 2.45) is 0 Å². The topological polar surface area (TPSA) is 84.4 Å². The molecule has 2 aromatic rings. The van der Waals surface area contributed by atoms with Crippen molar-refractivity contribution in [3.8, 4) is 5.88 Å². The fourth-order valence-corrected chi connectivity index (χ4v) is 4.68. The number of anilines is 1. The fourth-order valence-electron chi connectivity index (χ4n) is 3.16. The van der Waals surface area contributed by atoms with Crippen LogP contribution in [0.25, 0.3) is 0 Å². The van der Waals surface area contributed by atoms with Crippen LogP contribution in [-0.4, -0.2) is 44.6 Å². The smallest absolute Gasteiger partial charge is 0.240 e. The number of hydrogen-bond donors (Lipinski definition) is 1. The monoisotopic (exact) mass is 424 g/mol. The summed E-state index contributed by atoms with van der Waals surface area (Å²) < 4.78 is 33.2. The first kappa shape index (κ1) is 20.8. The molecule has 0 atom stereocenters. The summed E-state index contributed by atoms with van der Waals surface area (Å²) >= 11 is 5.92. The molecule has 0 bridgehead atoms. The number of nitrogens with one attached hydrogen (secondary N) is 1. The number of sulfonamides is 1. The average Bonchev–Trinajstić information content (AvgIpc) is 2.67. The number of aromatic nitrogens is 2. The molecule has 1 aromatic carbocycles. The van der Waals surface area contributed by atoms with Crippen LogP contribution < -0.4 is 14.4 Å². The van der Waals surface area contributed by atoms with Gasteiger partial charge < -0.3 is 9.64 Å². The van der Waals surface area contributed by atoms with Gasteiger partial charge in [-0.3, -0.25) is 0 Å². The first-order valence-corrected chi connectivity index (χ1v) is 11.2. The highest BCUT2D eigenvalue weighted by Gasteiger charge is 2.17. The summed E-state index contributed by atoms with van der Waals surface area (Å²) in [5.41, 5.74) is 0.635. The van der Waals surface area contributed by atoms with E-state index in [4.69, 9.17) is 16.3 Å². The van der Waals surface area contributed by atoms with E-state index < -0.39 is 10.0 Å². The van der Waals surface area contributed by atoms with Crippen molar-refractivity contribution in [2.75, 3.05) is 31.1 Å². The van der Waals surface area contributed by atoms with Gasteiger partial charge in [0.1, 0.15) is 18.2 Å². The minimum absolute atomic E-state index is 0.121. The Balaban J connectivity index is 1.59. The molecule has 2 heterocycles. The number of hydrogen-bond acceptors (Lipinski definition) is 6. The number of halogens is 1. The molecule has 7 nitrogen and oxygen atoms in total. The second-order valence-corrected chi connectivity index (χ2v) is 8.99. The number of benzene rings is 1. The Bertz CT molecular complexity index is 931. The number of nitrogens with zero attached hydrogens (tertiary/aromatic N) is 3. The summed E-state index contributed by atoms with van der Waals surface area (Å²) in [6.45, 7) is 5.80. The first-order chi connectivity index (χ1) is 13.3. The van der Waals surface area contributed by atoms with E-state index in [-0.39, 0.29) is 18.0 Å². The molecular weight excluding hydrogens is 400 g/mol. The highest BCUT2D eigenvalue weighted by Crippen LogP contribution is 2.22. The predicted molar refractivity (Wildman–Crippen MR) is 110 cm³/mol. The molecule has 1 saturated heterocycles. The molecule has 0 radical (unpaired) electrons. The lowest BCUT2D eigenvalue weighted by Crippen LogP contribution is -2.30. The molecule has 0 spiro atoms. The van der Waals surface area contributed by atoms with Gasteiger partial charge in [-0.2, -0.15) is 4.98 Å². The summed E-state index contributed by atoms with van der Waals surface area (Å²) in [6.07, 6.45) is 3.56. The molecule has 28 heavy (non-hydrogen) atoms. The third-order valence-electron chi connectivity index (χ3n) is 4.56. The maximum absolute atomic E-state index is 12.5. The van der Waals surface area contributed by atoms with Crippen LogP contribution in [0.3, 0.4) is 0 Å². The minimum atomic E-state index is -3.66. The molecule has 9 heteroatoms. The van der Waals surface area contributed by atoms with Crippen LogP contribution in [0, 0.1) is 13.8 Å². The number of aryl methyl sites for hydroxylation is 2. The summed E-state index contributed by atoms with van der Waals surface area (Å²) in [5.74, 6) is 1.94. The predicted octanol–water partition coefficient (Wildman–Crippen LogP) is 3.09. The van der Waals surface area contributed by atoms with Crippen molar-refractivity contribution in [3.05, 3.63) is 40.7 Å². The fraction of sp³-hybridized carbons (Fsp3) is 0.474. The van der Waals surface area contributed by atoms with Crippen LogP contribution in [0.2, 0.25) is 5.02 Å². The van der Waals surface area contributed by atoms with Crippen molar-refractivity contribution in [1.82, 2.24) is 14.7 Å². The number of ether oxygens (including phenoxy) is 1. The van der Waals surface area contributed by atoms with Crippen LogP contribution >= 0.6 is 11.6 Å². The molecule has 1 aliphatic heterocycles. The molecule has 0 unspecified atom stereocenters. The Kier molecular flexibility index (Phi) is 6.74. The Morgan fingerprint density at radius 2 is 1.89 bits per heavy atom. The zero-order valence-corrected chi connectivity index (χ0v) is 17.7. The van der Waals surface area contributed by atoms with E-state index in [1.54, 1.807) is 19.1 Å². The molecule has 1 aliphatic rings. The lowest BCUT2D eigenvalue weighted by atomic mass is 10.1. The second-order valence-electron chi connectivity index (χ2n) is 6.82. The maximum Gasteiger partial charge on any atom is 0.240 e. The molecule has 1 aromatic heterocycles. The average molecular weight is 425 g/mol. The Morgan fingerprint density at radius 3 is 2.64 bits per heavy atom. The van der Waals surface area contributed by atoms with Gasteiger partial charge in [0.15, 0.2) is 0 Å². The zero-order valence-electron chi connectivity index (χ0n) is 16.1. The van der Waals surface area contributed by atoms with Gasteiger partial charge in [-0.25, -0.2) is 18.1 Å². The lowest BCUT2D eigenvalue weighted by Gasteiger charge is -2.28. The highest BCUT2D eigenvalue weighted by molar-refractivity contribution is 7.89. The second kappa shape index (κ2) is 9.07. The minimum Gasteiger partial charge on any atom is -0.476 e. The van der Waals surface area contributed by atoms with Crippen molar-refractivity contribution in [2.45, 2.75) is 38.0 Å². The summed E-state index contributed by atoms with van der Waals surface area (Å²) in [6, 6.07) is 6.60. The lowest BCUT2D eigenvalue weighted by molar-refractivity contribution is 0.309. The van der Waals surface area contributed by atoms with Gasteiger partial charge in [-0.05, 0) is 50.8 Å². The van der Waals surface area contributed by atoms with E-state index in [9.17, 15) is 8.42 Å². The Hall–Kier alpha value is -1.90. The van der Waals surface area contributed by atoms with Gasteiger partial charge in [0.25, 0.3) is 0 Å². The third kappa shape index (κ3) is 5.33. The van der Waals surface area contributed by atoms with Gasteiger partial charge in [0.2, 0.25) is 15.9 Å².